The summed E-state index contributed by atoms with van der Waals surface area (Å²) in [5, 5.41) is 8.25. The number of methoxy groups -OCH3 is 1. The zero-order chi connectivity index (χ0) is 27.3. The van der Waals surface area contributed by atoms with E-state index >= 15 is 0 Å². The molecule has 0 amide bonds. The maximum atomic E-state index is 12.7. The van der Waals surface area contributed by atoms with Gasteiger partial charge >= 0.3 is 41.9 Å². The van der Waals surface area contributed by atoms with Gasteiger partial charge in [0, 0.05) is 11.1 Å². The Labute approximate surface area is 214 Å². The fourth-order valence-electron chi connectivity index (χ4n) is 2.11. The molecule has 0 heterocycles. The maximum Gasteiger partial charge on any atom is 1.00 e. The average molecular weight is 513 g/mol. The Morgan fingerprint density at radius 2 is 1.21 bits per heavy atom. The van der Waals surface area contributed by atoms with Gasteiger partial charge in [0.2, 0.25) is 0 Å². The van der Waals surface area contributed by atoms with Gasteiger partial charge in [0.25, 0.3) is 0 Å². The summed E-state index contributed by atoms with van der Waals surface area (Å²) in [4.78, 5) is 21.7. The molecule has 0 N–H and O–H groups in total. The Balaban J connectivity index is -0.000000483. The van der Waals surface area contributed by atoms with Gasteiger partial charge in [0.1, 0.15) is 11.6 Å². The van der Waals surface area contributed by atoms with Crippen molar-refractivity contribution in [2.45, 2.75) is 26.2 Å². The van der Waals surface area contributed by atoms with E-state index < -0.39 is 48.0 Å². The van der Waals surface area contributed by atoms with Gasteiger partial charge in [0.15, 0.2) is 11.6 Å². The summed E-state index contributed by atoms with van der Waals surface area (Å²) in [6.45, 7) is 2.33. The van der Waals surface area contributed by atoms with Gasteiger partial charge in [-0.2, -0.15) is 33.5 Å². The van der Waals surface area contributed by atoms with E-state index in [1.54, 1.807) is 0 Å². The second kappa shape index (κ2) is 16.6. The van der Waals surface area contributed by atoms with Crippen molar-refractivity contribution in [2.24, 2.45) is 0 Å². The Morgan fingerprint density at radius 1 is 0.853 bits per heavy atom. The van der Waals surface area contributed by atoms with Crippen LogP contribution in [0.1, 0.15) is 47.1 Å². The van der Waals surface area contributed by atoms with Crippen LogP contribution in [0.2, 0.25) is 0 Å². The van der Waals surface area contributed by atoms with E-state index in [2.05, 4.69) is 4.74 Å². The molecule has 2 rings (SSSR count). The van der Waals surface area contributed by atoms with Crippen LogP contribution in [0.25, 0.3) is 0 Å². The third kappa shape index (κ3) is 11.9. The molecular weight excluding hydrogens is 491 g/mol. The summed E-state index contributed by atoms with van der Waals surface area (Å²) < 4.78 is 107. The van der Waals surface area contributed by atoms with E-state index in [0.717, 1.165) is 39.3 Å². The molecule has 2 aromatic carbocycles. The molecule has 4 nitrogen and oxygen atoms in total. The van der Waals surface area contributed by atoms with Gasteiger partial charge < -0.3 is 9.84 Å². The standard InChI is InChI=1S/C10H9F3O2.C9H6F4O.CH3F.CH3O.Na/c1-6(14)7-3-4-9(15-2)8(5-7)10(11,12)13;1-5(14)6-2-3-8(10)7(4-6)9(11,12)13;2*1-2;/h3-5H,1-2H3;2-4H,1H3;2*1H3;/q;;;-1;+1/i;;1D;;. The van der Waals surface area contributed by atoms with E-state index in [-0.39, 0.29) is 46.4 Å². The van der Waals surface area contributed by atoms with Crippen LogP contribution in [-0.2, 0) is 12.4 Å². The number of Topliss-reactive ketones (excluding diaryl/α,β-unsaturated/α-hetero) is 2. The third-order valence-electron chi connectivity index (χ3n) is 3.59. The first-order chi connectivity index (χ1) is 15.6. The molecule has 0 spiro atoms. The molecular formula is C21H21F8NaO4. The molecule has 0 aromatic heterocycles. The third-order valence-corrected chi connectivity index (χ3v) is 3.59. The van der Waals surface area contributed by atoms with Gasteiger partial charge in [0.05, 0.1) is 26.8 Å². The number of rotatable bonds is 3. The van der Waals surface area contributed by atoms with Crippen LogP contribution < -0.4 is 39.4 Å². The summed E-state index contributed by atoms with van der Waals surface area (Å²) >= 11 is 0. The van der Waals surface area contributed by atoms with Crippen LogP contribution in [0.15, 0.2) is 36.4 Å². The van der Waals surface area contributed by atoms with Gasteiger partial charge in [-0.25, -0.2) is 4.39 Å². The van der Waals surface area contributed by atoms with Crippen LogP contribution in [0.3, 0.4) is 0 Å². The Kier molecular flexibility index (Phi) is 16.7. The molecule has 34 heavy (non-hydrogen) atoms. The monoisotopic (exact) mass is 513 g/mol. The van der Waals surface area contributed by atoms with Crippen molar-refractivity contribution >= 4 is 11.6 Å². The van der Waals surface area contributed by atoms with Crippen molar-refractivity contribution in [1.29, 1.82) is 0 Å². The van der Waals surface area contributed by atoms with Crippen LogP contribution in [0.5, 0.6) is 5.75 Å². The van der Waals surface area contributed by atoms with E-state index in [0.29, 0.717) is 12.1 Å². The van der Waals surface area contributed by atoms with E-state index in [4.69, 9.17) is 6.48 Å². The fraction of sp³-hybridized carbons (Fsp3) is 0.333. The second-order valence-corrected chi connectivity index (χ2v) is 5.72. The van der Waals surface area contributed by atoms with Crippen molar-refractivity contribution < 1.29 is 85.5 Å². The molecule has 2 aromatic rings. The second-order valence-electron chi connectivity index (χ2n) is 5.72. The fourth-order valence-corrected chi connectivity index (χ4v) is 2.11. The summed E-state index contributed by atoms with van der Waals surface area (Å²) in [5.74, 6) is -2.60. The topological polar surface area (TPSA) is 66.4 Å². The van der Waals surface area contributed by atoms with E-state index in [1.807, 2.05) is 0 Å². The van der Waals surface area contributed by atoms with Gasteiger partial charge in [-0.05, 0) is 50.2 Å². The molecule has 0 fully saturated rings. The first kappa shape index (κ1) is 34.1. The van der Waals surface area contributed by atoms with E-state index in [9.17, 15) is 44.7 Å². The average Bonchev–Trinajstić information content (AvgIpc) is 2.74. The zero-order valence-corrected chi connectivity index (χ0v) is 20.8. The molecule has 13 heteroatoms. The largest absolute Gasteiger partial charge is 1.00 e. The van der Waals surface area contributed by atoms with Crippen LogP contribution >= 0.6 is 0 Å². The Bertz CT molecular complexity index is 935. The zero-order valence-electron chi connectivity index (χ0n) is 19.8. The maximum absolute atomic E-state index is 12.7. The van der Waals surface area contributed by atoms with E-state index in [1.165, 1.54) is 13.0 Å². The predicted octanol–water partition coefficient (Wildman–Crippen LogP) is 2.53. The number of carbonyl (C=O) groups excluding carboxylic acids is 2. The Hall–Kier alpha value is -2.02. The molecule has 0 atom stereocenters. The van der Waals surface area contributed by atoms with Gasteiger partial charge in [-0.15, -0.1) is 0 Å². The number of ether oxygens (including phenoxy) is 1. The van der Waals surface area contributed by atoms with Gasteiger partial charge in [-0.3, -0.25) is 14.0 Å². The number of halogens is 8. The van der Waals surface area contributed by atoms with Crippen molar-refractivity contribution in [3.05, 3.63) is 64.5 Å². The van der Waals surface area contributed by atoms with Crippen molar-refractivity contribution in [2.75, 3.05) is 21.4 Å². The smallest absolute Gasteiger partial charge is 0.857 e. The molecule has 0 unspecified atom stereocenters. The molecule has 0 bridgehead atoms. The summed E-state index contributed by atoms with van der Waals surface area (Å²) in [6, 6.07) is 5.40. The number of hydrogen-bond donors (Lipinski definition) is 0. The molecule has 0 aliphatic carbocycles. The van der Waals surface area contributed by atoms with Crippen molar-refractivity contribution in [3.8, 4) is 5.75 Å². The van der Waals surface area contributed by atoms with Crippen LogP contribution in [0.4, 0.5) is 35.1 Å². The molecule has 0 radical (unpaired) electrons. The minimum absolute atomic E-state index is 0. The SMILES string of the molecule is CC(=O)c1ccc(F)c(C(F)(F)F)c1.COc1ccc(C(C)=O)cc1C(F)(F)F.C[O-].[2H]CF.[Na+]. The summed E-state index contributed by atoms with van der Waals surface area (Å²) in [6.07, 6.45) is -9.29. The quantitative estimate of drug-likeness (QED) is 0.360. The number of benzene rings is 2. The normalized spacial score (nSPS) is 10.4. The first-order valence-electron chi connectivity index (χ1n) is 9.20. The molecule has 0 aliphatic rings. The number of hydrogen-bond acceptors (Lipinski definition) is 4. The van der Waals surface area contributed by atoms with Crippen molar-refractivity contribution in [3.63, 3.8) is 0 Å². The first-order valence-corrected chi connectivity index (χ1v) is 8.50. The summed E-state index contributed by atoms with van der Waals surface area (Å²) in [7, 11) is 0.901. The number of ketones is 2. The number of carbonyl (C=O) groups is 2. The molecule has 0 aliphatic heterocycles. The number of alkyl halides is 7. The molecule has 0 saturated carbocycles. The summed E-state index contributed by atoms with van der Waals surface area (Å²) in [5.41, 5.74) is -2.48. The predicted molar refractivity (Wildman–Crippen MR) is 102 cm³/mol. The Morgan fingerprint density at radius 3 is 1.53 bits per heavy atom. The minimum Gasteiger partial charge on any atom is -0.857 e. The molecule has 0 saturated heterocycles. The minimum atomic E-state index is -4.77. The van der Waals surface area contributed by atoms with Crippen molar-refractivity contribution in [1.82, 2.24) is 0 Å². The van der Waals surface area contributed by atoms with Gasteiger partial charge in [-0.1, -0.05) is 0 Å². The van der Waals surface area contributed by atoms with Crippen LogP contribution in [0, 0.1) is 5.82 Å². The van der Waals surface area contributed by atoms with Crippen LogP contribution in [-0.4, -0.2) is 32.9 Å². The molecule has 186 valence electrons.